The van der Waals surface area contributed by atoms with Crippen LogP contribution in [0.15, 0.2) is 23.1 Å². The Morgan fingerprint density at radius 3 is 2.50 bits per heavy atom. The Hall–Kier alpha value is -1.46. The average molecular weight is 407 g/mol. The van der Waals surface area contributed by atoms with Crippen molar-refractivity contribution in [2.24, 2.45) is 0 Å². The van der Waals surface area contributed by atoms with Crippen LogP contribution < -0.4 is 10.1 Å². The molecule has 146 valence electrons. The molecule has 3 rings (SSSR count). The summed E-state index contributed by atoms with van der Waals surface area (Å²) in [5.74, 6) is -0.00313. The molecule has 0 radical (unpaired) electrons. The standard InChI is InChI=1S/C15H22N4O5S.ClH/c1-24-14-10-12(19(20)21)2-3-15(14)25(22,23)18-8-6-17(7-9-18)13-4-5-16-11-13;/h2-3,10,13,16H,4-9,11H2,1H3;1H. The number of piperazine rings is 1. The van der Waals surface area contributed by atoms with E-state index in [0.29, 0.717) is 32.2 Å². The Balaban J connectivity index is 0.00000243. The van der Waals surface area contributed by atoms with Gasteiger partial charge in [0.2, 0.25) is 10.0 Å². The quantitative estimate of drug-likeness (QED) is 0.566. The lowest BCUT2D eigenvalue weighted by atomic mass is 10.2. The van der Waals surface area contributed by atoms with Gasteiger partial charge in [-0.25, -0.2) is 8.42 Å². The van der Waals surface area contributed by atoms with Crippen molar-refractivity contribution in [3.05, 3.63) is 28.3 Å². The maximum atomic E-state index is 12.9. The number of nitrogens with one attached hydrogen (secondary N) is 1. The summed E-state index contributed by atoms with van der Waals surface area (Å²) in [5, 5.41) is 14.2. The van der Waals surface area contributed by atoms with Crippen molar-refractivity contribution < 1.29 is 18.1 Å². The molecule has 0 aliphatic carbocycles. The number of non-ortho nitro benzene ring substituents is 1. The first kappa shape index (κ1) is 20.8. The summed E-state index contributed by atoms with van der Waals surface area (Å²) in [6.45, 7) is 4.12. The second-order valence-electron chi connectivity index (χ2n) is 6.18. The Morgan fingerprint density at radius 2 is 1.96 bits per heavy atom. The molecule has 2 aliphatic heterocycles. The number of rotatable bonds is 5. The third kappa shape index (κ3) is 4.09. The molecule has 1 unspecified atom stereocenters. The molecule has 0 bridgehead atoms. The van der Waals surface area contributed by atoms with Crippen molar-refractivity contribution in [1.82, 2.24) is 14.5 Å². The lowest BCUT2D eigenvalue weighted by Gasteiger charge is -2.37. The van der Waals surface area contributed by atoms with Gasteiger partial charge in [-0.15, -0.1) is 12.4 Å². The molecule has 2 aliphatic rings. The molecule has 2 heterocycles. The lowest BCUT2D eigenvalue weighted by Crippen LogP contribution is -2.52. The molecule has 0 amide bonds. The summed E-state index contributed by atoms with van der Waals surface area (Å²) >= 11 is 0. The number of hydrogen-bond acceptors (Lipinski definition) is 7. The average Bonchev–Trinajstić information content (AvgIpc) is 3.15. The molecular formula is C15H23ClN4O5S. The predicted octanol–water partition coefficient (Wildman–Crippen LogP) is 0.693. The van der Waals surface area contributed by atoms with Gasteiger partial charge in [-0.05, 0) is 19.0 Å². The van der Waals surface area contributed by atoms with Crippen LogP contribution in [0.2, 0.25) is 0 Å². The molecular weight excluding hydrogens is 384 g/mol. The molecule has 1 aromatic carbocycles. The number of nitro groups is 1. The van der Waals surface area contributed by atoms with Gasteiger partial charge < -0.3 is 10.1 Å². The van der Waals surface area contributed by atoms with Crippen LogP contribution in [0.3, 0.4) is 0 Å². The molecule has 1 atom stereocenters. The van der Waals surface area contributed by atoms with E-state index in [4.69, 9.17) is 4.74 Å². The van der Waals surface area contributed by atoms with E-state index in [1.54, 1.807) is 0 Å². The fourth-order valence-corrected chi connectivity index (χ4v) is 4.94. The highest BCUT2D eigenvalue weighted by molar-refractivity contribution is 7.89. The fourth-order valence-electron chi connectivity index (χ4n) is 3.38. The second kappa shape index (κ2) is 8.49. The summed E-state index contributed by atoms with van der Waals surface area (Å²) in [6, 6.07) is 4.06. The molecule has 26 heavy (non-hydrogen) atoms. The molecule has 11 heteroatoms. The monoisotopic (exact) mass is 406 g/mol. The third-order valence-corrected chi connectivity index (χ3v) is 6.74. The SMILES string of the molecule is COc1cc([N+](=O)[O-])ccc1S(=O)(=O)N1CCN(C2CCNC2)CC1.Cl. The molecule has 2 saturated heterocycles. The number of sulfonamides is 1. The topological polar surface area (TPSA) is 105 Å². The Labute approximate surface area is 158 Å². The Kier molecular flexibility index (Phi) is 6.80. The Morgan fingerprint density at radius 1 is 1.27 bits per heavy atom. The zero-order valence-corrected chi connectivity index (χ0v) is 16.1. The summed E-state index contributed by atoms with van der Waals surface area (Å²) < 4.78 is 32.4. The molecule has 2 fully saturated rings. The van der Waals surface area contributed by atoms with E-state index in [-0.39, 0.29) is 28.7 Å². The van der Waals surface area contributed by atoms with Gasteiger partial charge in [-0.2, -0.15) is 4.31 Å². The van der Waals surface area contributed by atoms with Crippen molar-refractivity contribution in [1.29, 1.82) is 0 Å². The van der Waals surface area contributed by atoms with Gasteiger partial charge in [-0.1, -0.05) is 0 Å². The number of nitrogens with zero attached hydrogens (tertiary/aromatic N) is 3. The van der Waals surface area contributed by atoms with Crippen LogP contribution in [0.25, 0.3) is 0 Å². The maximum Gasteiger partial charge on any atom is 0.273 e. The van der Waals surface area contributed by atoms with Gasteiger partial charge >= 0.3 is 0 Å². The van der Waals surface area contributed by atoms with E-state index in [1.165, 1.54) is 23.5 Å². The molecule has 0 aromatic heterocycles. The van der Waals surface area contributed by atoms with E-state index >= 15 is 0 Å². The zero-order chi connectivity index (χ0) is 18.0. The zero-order valence-electron chi connectivity index (χ0n) is 14.5. The van der Waals surface area contributed by atoms with Crippen molar-refractivity contribution >= 4 is 28.1 Å². The predicted molar refractivity (Wildman–Crippen MR) is 98.5 cm³/mol. The summed E-state index contributed by atoms with van der Waals surface area (Å²) in [4.78, 5) is 12.6. The van der Waals surface area contributed by atoms with Crippen molar-refractivity contribution in [3.8, 4) is 5.75 Å². The van der Waals surface area contributed by atoms with Gasteiger partial charge in [0.15, 0.2) is 0 Å². The first-order valence-corrected chi connectivity index (χ1v) is 9.65. The van der Waals surface area contributed by atoms with Crippen LogP contribution in [0.4, 0.5) is 5.69 Å². The van der Waals surface area contributed by atoms with Crippen LogP contribution in [-0.4, -0.2) is 75.0 Å². The van der Waals surface area contributed by atoms with Crippen LogP contribution >= 0.6 is 12.4 Å². The number of methoxy groups -OCH3 is 1. The van der Waals surface area contributed by atoms with Gasteiger partial charge in [0.1, 0.15) is 10.6 Å². The van der Waals surface area contributed by atoms with Gasteiger partial charge in [0.05, 0.1) is 18.1 Å². The minimum Gasteiger partial charge on any atom is -0.495 e. The number of hydrogen-bond donors (Lipinski definition) is 1. The van der Waals surface area contributed by atoms with E-state index in [1.807, 2.05) is 0 Å². The highest BCUT2D eigenvalue weighted by Gasteiger charge is 2.33. The van der Waals surface area contributed by atoms with Crippen LogP contribution in [-0.2, 0) is 10.0 Å². The minimum absolute atomic E-state index is 0. The van der Waals surface area contributed by atoms with Gasteiger partial charge in [-0.3, -0.25) is 15.0 Å². The minimum atomic E-state index is -3.75. The molecule has 0 saturated carbocycles. The highest BCUT2D eigenvalue weighted by Crippen LogP contribution is 2.31. The third-order valence-electron chi connectivity index (χ3n) is 4.80. The second-order valence-corrected chi connectivity index (χ2v) is 8.09. The van der Waals surface area contributed by atoms with E-state index < -0.39 is 14.9 Å². The summed E-state index contributed by atoms with van der Waals surface area (Å²) in [7, 11) is -2.44. The highest BCUT2D eigenvalue weighted by atomic mass is 35.5. The van der Waals surface area contributed by atoms with E-state index in [0.717, 1.165) is 25.6 Å². The van der Waals surface area contributed by atoms with E-state index in [2.05, 4.69) is 10.2 Å². The van der Waals surface area contributed by atoms with Crippen molar-refractivity contribution in [2.75, 3.05) is 46.4 Å². The number of benzene rings is 1. The fraction of sp³-hybridized carbons (Fsp3) is 0.600. The van der Waals surface area contributed by atoms with E-state index in [9.17, 15) is 18.5 Å². The smallest absolute Gasteiger partial charge is 0.273 e. The van der Waals surface area contributed by atoms with Gasteiger partial charge in [0.25, 0.3) is 5.69 Å². The van der Waals surface area contributed by atoms with Gasteiger partial charge in [0, 0.05) is 44.8 Å². The first-order valence-electron chi connectivity index (χ1n) is 8.21. The molecule has 9 nitrogen and oxygen atoms in total. The normalized spacial score (nSPS) is 22.0. The van der Waals surface area contributed by atoms with Crippen molar-refractivity contribution in [2.45, 2.75) is 17.4 Å². The molecule has 1 N–H and O–H groups in total. The lowest BCUT2D eigenvalue weighted by molar-refractivity contribution is -0.385. The van der Waals surface area contributed by atoms with Crippen LogP contribution in [0.1, 0.15) is 6.42 Å². The first-order chi connectivity index (χ1) is 11.9. The van der Waals surface area contributed by atoms with Crippen LogP contribution in [0, 0.1) is 10.1 Å². The summed E-state index contributed by atoms with van der Waals surface area (Å²) in [6.07, 6.45) is 1.09. The number of nitro benzene ring substituents is 1. The Bertz CT molecular complexity index is 746. The maximum absolute atomic E-state index is 12.9. The number of halogens is 1. The molecule has 1 aromatic rings. The summed E-state index contributed by atoms with van der Waals surface area (Å²) in [5.41, 5.74) is -0.200. The largest absolute Gasteiger partial charge is 0.495 e. The molecule has 0 spiro atoms. The number of ether oxygens (including phenoxy) is 1. The van der Waals surface area contributed by atoms with Crippen LogP contribution in [0.5, 0.6) is 5.75 Å². The van der Waals surface area contributed by atoms with Crippen molar-refractivity contribution in [3.63, 3.8) is 0 Å².